The van der Waals surface area contributed by atoms with E-state index in [1.165, 1.54) is 16.0 Å². The second kappa shape index (κ2) is 5.74. The van der Waals surface area contributed by atoms with Gasteiger partial charge in [0.1, 0.15) is 5.54 Å². The largest absolute Gasteiger partial charge is 0.454 e. The minimum Gasteiger partial charge on any atom is -0.454 e. The van der Waals surface area contributed by atoms with Crippen molar-refractivity contribution in [2.45, 2.75) is 38.3 Å². The van der Waals surface area contributed by atoms with Gasteiger partial charge in [-0.25, -0.2) is 4.79 Å². The first kappa shape index (κ1) is 16.2. The molecule has 1 atom stereocenters. The van der Waals surface area contributed by atoms with E-state index in [-0.39, 0.29) is 25.3 Å². The van der Waals surface area contributed by atoms with Gasteiger partial charge in [-0.3, -0.25) is 9.69 Å². The summed E-state index contributed by atoms with van der Waals surface area (Å²) in [4.78, 5) is 27.0. The summed E-state index contributed by atoms with van der Waals surface area (Å²) >= 11 is 0. The van der Waals surface area contributed by atoms with Gasteiger partial charge in [0, 0.05) is 0 Å². The fourth-order valence-electron chi connectivity index (χ4n) is 4.14. The second-order valence-corrected chi connectivity index (χ2v) is 7.47. The third-order valence-electron chi connectivity index (χ3n) is 5.73. The maximum Gasteiger partial charge on any atom is 0.325 e. The van der Waals surface area contributed by atoms with E-state index in [2.05, 4.69) is 17.4 Å². The third-order valence-corrected chi connectivity index (χ3v) is 5.73. The Labute approximate surface area is 157 Å². The van der Waals surface area contributed by atoms with Gasteiger partial charge in [-0.05, 0) is 60.6 Å². The molecule has 1 saturated heterocycles. The molecule has 6 nitrogen and oxygen atoms in total. The number of fused-ring (bicyclic) bond motifs is 2. The summed E-state index contributed by atoms with van der Waals surface area (Å²) in [7, 11) is 0. The fourth-order valence-corrected chi connectivity index (χ4v) is 4.14. The summed E-state index contributed by atoms with van der Waals surface area (Å²) < 4.78 is 10.7. The molecule has 0 unspecified atom stereocenters. The van der Waals surface area contributed by atoms with Crippen molar-refractivity contribution in [1.29, 1.82) is 0 Å². The molecule has 138 valence electrons. The van der Waals surface area contributed by atoms with E-state index >= 15 is 0 Å². The van der Waals surface area contributed by atoms with Crippen LogP contribution < -0.4 is 14.8 Å². The van der Waals surface area contributed by atoms with Gasteiger partial charge in [0.05, 0.1) is 6.54 Å². The van der Waals surface area contributed by atoms with Crippen LogP contribution >= 0.6 is 0 Å². The van der Waals surface area contributed by atoms with Gasteiger partial charge in [-0.15, -0.1) is 0 Å². The van der Waals surface area contributed by atoms with Gasteiger partial charge in [-0.1, -0.05) is 24.3 Å². The summed E-state index contributed by atoms with van der Waals surface area (Å²) in [6, 6.07) is 11.2. The number of ether oxygens (including phenoxy) is 2. The summed E-state index contributed by atoms with van der Waals surface area (Å²) in [5.74, 6) is 1.09. The van der Waals surface area contributed by atoms with E-state index in [0.717, 1.165) is 30.4 Å². The number of hydrogen-bond acceptors (Lipinski definition) is 4. The van der Waals surface area contributed by atoms with Crippen LogP contribution in [0.15, 0.2) is 36.4 Å². The quantitative estimate of drug-likeness (QED) is 0.851. The SMILES string of the molecule is C[C@@]1(c2ccc3c(c2)CCC3)NC(=O)N(Cc2ccc3c(c2)OCO3)C1=O. The molecule has 6 heteroatoms. The minimum atomic E-state index is -1.04. The average molecular weight is 364 g/mol. The maximum absolute atomic E-state index is 13.2. The standard InChI is InChI=1S/C21H20N2O4/c1-21(16-7-6-14-3-2-4-15(14)10-16)19(24)23(20(25)22-21)11-13-5-8-17-18(9-13)27-12-26-17/h5-10H,2-4,11-12H2,1H3,(H,22,25)/t21-/m0/s1. The zero-order valence-electron chi connectivity index (χ0n) is 15.1. The van der Waals surface area contributed by atoms with Crippen molar-refractivity contribution in [2.75, 3.05) is 6.79 Å². The topological polar surface area (TPSA) is 67.9 Å². The molecule has 1 fully saturated rings. The smallest absolute Gasteiger partial charge is 0.325 e. The van der Waals surface area contributed by atoms with Crippen LogP contribution in [0.5, 0.6) is 11.5 Å². The van der Waals surface area contributed by atoms with E-state index in [1.807, 2.05) is 18.2 Å². The molecule has 0 spiro atoms. The number of aryl methyl sites for hydroxylation is 2. The zero-order valence-corrected chi connectivity index (χ0v) is 15.1. The van der Waals surface area contributed by atoms with Crippen LogP contribution in [0.3, 0.4) is 0 Å². The molecule has 2 aromatic rings. The molecule has 1 aliphatic carbocycles. The second-order valence-electron chi connectivity index (χ2n) is 7.47. The van der Waals surface area contributed by atoms with E-state index in [4.69, 9.17) is 9.47 Å². The number of benzene rings is 2. The lowest BCUT2D eigenvalue weighted by Crippen LogP contribution is -2.40. The van der Waals surface area contributed by atoms with Gasteiger partial charge in [0.15, 0.2) is 11.5 Å². The Kier molecular flexibility index (Phi) is 3.44. The van der Waals surface area contributed by atoms with E-state index in [1.54, 1.807) is 13.0 Å². The van der Waals surface area contributed by atoms with Crippen molar-refractivity contribution in [2.24, 2.45) is 0 Å². The first-order valence-electron chi connectivity index (χ1n) is 9.19. The molecule has 0 bridgehead atoms. The van der Waals surface area contributed by atoms with Crippen molar-refractivity contribution >= 4 is 11.9 Å². The Morgan fingerprint density at radius 1 is 1.04 bits per heavy atom. The summed E-state index contributed by atoms with van der Waals surface area (Å²) in [6.07, 6.45) is 3.26. The first-order chi connectivity index (χ1) is 13.0. The summed E-state index contributed by atoms with van der Waals surface area (Å²) in [5, 5.41) is 2.89. The van der Waals surface area contributed by atoms with E-state index in [0.29, 0.717) is 11.5 Å². The number of nitrogens with zero attached hydrogens (tertiary/aromatic N) is 1. The Morgan fingerprint density at radius 2 is 1.85 bits per heavy atom. The number of carbonyl (C=O) groups excluding carboxylic acids is 2. The Bertz CT molecular complexity index is 971. The predicted molar refractivity (Wildman–Crippen MR) is 97.5 cm³/mol. The molecule has 1 N–H and O–H groups in total. The van der Waals surface area contributed by atoms with E-state index in [9.17, 15) is 9.59 Å². The van der Waals surface area contributed by atoms with Crippen molar-refractivity contribution in [3.05, 3.63) is 58.7 Å². The molecule has 0 aromatic heterocycles. The molecular formula is C21H20N2O4. The van der Waals surface area contributed by atoms with Crippen LogP contribution in [0.4, 0.5) is 4.79 Å². The lowest BCUT2D eigenvalue weighted by atomic mass is 9.89. The number of urea groups is 1. The molecule has 0 saturated carbocycles. The molecule has 27 heavy (non-hydrogen) atoms. The summed E-state index contributed by atoms with van der Waals surface area (Å²) in [5.41, 5.74) is 3.25. The molecule has 2 heterocycles. The highest BCUT2D eigenvalue weighted by atomic mass is 16.7. The van der Waals surface area contributed by atoms with Crippen LogP contribution in [0, 0.1) is 0 Å². The molecule has 3 amide bonds. The number of imide groups is 1. The van der Waals surface area contributed by atoms with Crippen LogP contribution in [-0.4, -0.2) is 23.6 Å². The van der Waals surface area contributed by atoms with Gasteiger partial charge < -0.3 is 14.8 Å². The average Bonchev–Trinajstić information content (AvgIpc) is 3.36. The van der Waals surface area contributed by atoms with Crippen molar-refractivity contribution < 1.29 is 19.1 Å². The highest BCUT2D eigenvalue weighted by Gasteiger charge is 2.49. The number of nitrogens with one attached hydrogen (secondary N) is 1. The van der Waals surface area contributed by atoms with Crippen molar-refractivity contribution in [1.82, 2.24) is 10.2 Å². The Hall–Kier alpha value is -3.02. The lowest BCUT2D eigenvalue weighted by Gasteiger charge is -2.23. The van der Waals surface area contributed by atoms with Crippen LogP contribution in [0.2, 0.25) is 0 Å². The first-order valence-corrected chi connectivity index (χ1v) is 9.19. The predicted octanol–water partition coefficient (Wildman–Crippen LogP) is 2.87. The molecular weight excluding hydrogens is 344 g/mol. The van der Waals surface area contributed by atoms with E-state index < -0.39 is 5.54 Å². The van der Waals surface area contributed by atoms with Crippen LogP contribution in [-0.2, 0) is 29.7 Å². The fraction of sp³-hybridized carbons (Fsp3) is 0.333. The molecule has 5 rings (SSSR count). The monoisotopic (exact) mass is 364 g/mol. The molecule has 0 radical (unpaired) electrons. The highest BCUT2D eigenvalue weighted by Crippen LogP contribution is 2.35. The number of rotatable bonds is 3. The molecule has 2 aliphatic heterocycles. The number of carbonyl (C=O) groups is 2. The Morgan fingerprint density at radius 3 is 2.74 bits per heavy atom. The summed E-state index contributed by atoms with van der Waals surface area (Å²) in [6.45, 7) is 2.17. The Balaban J connectivity index is 1.42. The zero-order chi connectivity index (χ0) is 18.6. The van der Waals surface area contributed by atoms with Crippen molar-refractivity contribution in [3.63, 3.8) is 0 Å². The highest BCUT2D eigenvalue weighted by molar-refractivity contribution is 6.07. The maximum atomic E-state index is 13.2. The third kappa shape index (κ3) is 2.47. The molecule has 2 aromatic carbocycles. The van der Waals surface area contributed by atoms with Crippen LogP contribution in [0.25, 0.3) is 0 Å². The minimum absolute atomic E-state index is 0.193. The van der Waals surface area contributed by atoms with Gasteiger partial charge in [0.2, 0.25) is 6.79 Å². The normalized spacial score (nSPS) is 22.9. The lowest BCUT2D eigenvalue weighted by molar-refractivity contribution is -0.131. The number of amides is 3. The van der Waals surface area contributed by atoms with Gasteiger partial charge in [0.25, 0.3) is 5.91 Å². The van der Waals surface area contributed by atoms with Crippen LogP contribution in [0.1, 0.15) is 35.6 Å². The van der Waals surface area contributed by atoms with Crippen molar-refractivity contribution in [3.8, 4) is 11.5 Å². The number of hydrogen-bond donors (Lipinski definition) is 1. The van der Waals surface area contributed by atoms with Gasteiger partial charge >= 0.3 is 6.03 Å². The van der Waals surface area contributed by atoms with Gasteiger partial charge in [-0.2, -0.15) is 0 Å². The molecule has 3 aliphatic rings.